The molecule has 0 aliphatic carbocycles. The van der Waals surface area contributed by atoms with Gasteiger partial charge in [-0.1, -0.05) is 36.4 Å². The predicted octanol–water partition coefficient (Wildman–Crippen LogP) is 2.89. The number of hydrogen-bond donors (Lipinski definition) is 0. The minimum atomic E-state index is 0.0500. The summed E-state index contributed by atoms with van der Waals surface area (Å²) in [7, 11) is 1.60. The third-order valence-corrected chi connectivity index (χ3v) is 2.69. The molecule has 0 N–H and O–H groups in total. The first-order valence-corrected chi connectivity index (χ1v) is 6.10. The molecule has 0 saturated carbocycles. The summed E-state index contributed by atoms with van der Waals surface area (Å²) >= 11 is 0. The largest absolute Gasteiger partial charge is 0.497 e. The third kappa shape index (κ3) is 4.14. The van der Waals surface area contributed by atoms with Crippen LogP contribution in [0, 0.1) is 0 Å². The Labute approximate surface area is 112 Å². The molecule has 0 saturated heterocycles. The number of carbonyl (C=O) groups is 1. The second-order valence-electron chi connectivity index (χ2n) is 4.17. The first kappa shape index (κ1) is 13.1. The van der Waals surface area contributed by atoms with Gasteiger partial charge in [0.05, 0.1) is 7.11 Å². The van der Waals surface area contributed by atoms with Crippen molar-refractivity contribution in [2.24, 2.45) is 0 Å². The molecule has 2 aromatic rings. The van der Waals surface area contributed by atoms with E-state index in [2.05, 4.69) is 0 Å². The molecule has 19 heavy (non-hydrogen) atoms. The molecule has 0 bridgehead atoms. The lowest BCUT2D eigenvalue weighted by Gasteiger charge is -2.07. The highest BCUT2D eigenvalue weighted by Crippen LogP contribution is 2.18. The van der Waals surface area contributed by atoms with Crippen LogP contribution >= 0.6 is 0 Å². The van der Waals surface area contributed by atoms with Crippen LogP contribution in [0.3, 0.4) is 0 Å². The van der Waals surface area contributed by atoms with E-state index in [4.69, 9.17) is 9.47 Å². The third-order valence-electron chi connectivity index (χ3n) is 2.69. The van der Waals surface area contributed by atoms with E-state index in [1.54, 1.807) is 19.2 Å². The van der Waals surface area contributed by atoms with Crippen molar-refractivity contribution in [2.75, 3.05) is 13.7 Å². The molecule has 0 unspecified atom stereocenters. The van der Waals surface area contributed by atoms with Gasteiger partial charge in [-0.15, -0.1) is 0 Å². The van der Waals surface area contributed by atoms with Crippen molar-refractivity contribution in [2.45, 2.75) is 6.42 Å². The van der Waals surface area contributed by atoms with E-state index >= 15 is 0 Å². The average Bonchev–Trinajstić information content (AvgIpc) is 2.46. The van der Waals surface area contributed by atoms with Gasteiger partial charge in [-0.2, -0.15) is 0 Å². The number of ether oxygens (including phenoxy) is 2. The fraction of sp³-hybridized carbons (Fsp3) is 0.188. The van der Waals surface area contributed by atoms with Gasteiger partial charge in [0.2, 0.25) is 0 Å². The van der Waals surface area contributed by atoms with Crippen molar-refractivity contribution in [1.29, 1.82) is 0 Å². The van der Waals surface area contributed by atoms with Crippen LogP contribution in [0.15, 0.2) is 54.6 Å². The zero-order chi connectivity index (χ0) is 13.5. The van der Waals surface area contributed by atoms with E-state index in [1.165, 1.54) is 0 Å². The number of ketones is 1. The van der Waals surface area contributed by atoms with Gasteiger partial charge < -0.3 is 9.47 Å². The summed E-state index contributed by atoms with van der Waals surface area (Å²) in [6.45, 7) is 0.0715. The Hall–Kier alpha value is -2.29. The molecule has 0 atom stereocenters. The van der Waals surface area contributed by atoms with E-state index in [9.17, 15) is 4.79 Å². The van der Waals surface area contributed by atoms with Crippen molar-refractivity contribution in [3.8, 4) is 11.5 Å². The molecule has 0 aromatic heterocycles. The molecule has 0 amide bonds. The molecule has 0 heterocycles. The quantitative estimate of drug-likeness (QED) is 0.797. The summed E-state index contributed by atoms with van der Waals surface area (Å²) in [4.78, 5) is 11.8. The molecular weight excluding hydrogens is 240 g/mol. The zero-order valence-corrected chi connectivity index (χ0v) is 10.8. The van der Waals surface area contributed by atoms with Gasteiger partial charge in [0.15, 0.2) is 5.78 Å². The highest BCUT2D eigenvalue weighted by molar-refractivity contribution is 5.82. The number of hydrogen-bond acceptors (Lipinski definition) is 3. The minimum Gasteiger partial charge on any atom is -0.497 e. The fourth-order valence-corrected chi connectivity index (χ4v) is 1.73. The van der Waals surface area contributed by atoms with Gasteiger partial charge in [-0.25, -0.2) is 0 Å². The summed E-state index contributed by atoms with van der Waals surface area (Å²) in [5.41, 5.74) is 1.00. The molecule has 0 radical (unpaired) electrons. The molecule has 3 heteroatoms. The van der Waals surface area contributed by atoms with Gasteiger partial charge in [0, 0.05) is 12.5 Å². The summed E-state index contributed by atoms with van der Waals surface area (Å²) in [6, 6.07) is 16.9. The van der Waals surface area contributed by atoms with E-state index in [1.807, 2.05) is 42.5 Å². The molecule has 0 aliphatic heterocycles. The van der Waals surface area contributed by atoms with Crippen molar-refractivity contribution < 1.29 is 14.3 Å². The average molecular weight is 256 g/mol. The second kappa shape index (κ2) is 6.59. The Bertz CT molecular complexity index is 535. The number of rotatable bonds is 6. The Morgan fingerprint density at radius 2 is 1.74 bits per heavy atom. The Morgan fingerprint density at radius 3 is 2.47 bits per heavy atom. The summed E-state index contributed by atoms with van der Waals surface area (Å²) in [5.74, 6) is 1.41. The van der Waals surface area contributed by atoms with Crippen LogP contribution < -0.4 is 9.47 Å². The second-order valence-corrected chi connectivity index (χ2v) is 4.17. The van der Waals surface area contributed by atoms with Crippen LogP contribution in [0.1, 0.15) is 5.56 Å². The predicted molar refractivity (Wildman–Crippen MR) is 73.6 cm³/mol. The standard InChI is InChI=1S/C16H16O3/c1-18-15-8-5-9-16(11-15)19-12-14(17)10-13-6-3-2-4-7-13/h2-9,11H,10,12H2,1H3. The molecular formula is C16H16O3. The lowest BCUT2D eigenvalue weighted by Crippen LogP contribution is -2.13. The van der Waals surface area contributed by atoms with Crippen molar-refractivity contribution in [1.82, 2.24) is 0 Å². The van der Waals surface area contributed by atoms with Crippen LogP contribution in [0.4, 0.5) is 0 Å². The minimum absolute atomic E-state index is 0.0500. The monoisotopic (exact) mass is 256 g/mol. The zero-order valence-electron chi connectivity index (χ0n) is 10.8. The van der Waals surface area contributed by atoms with Crippen LogP contribution in [0.5, 0.6) is 11.5 Å². The Kier molecular flexibility index (Phi) is 4.56. The normalized spacial score (nSPS) is 9.95. The summed E-state index contributed by atoms with van der Waals surface area (Å²) in [6.07, 6.45) is 0.394. The van der Waals surface area contributed by atoms with Crippen molar-refractivity contribution in [3.63, 3.8) is 0 Å². The van der Waals surface area contributed by atoms with Gasteiger partial charge in [0.1, 0.15) is 18.1 Å². The molecule has 3 nitrogen and oxygen atoms in total. The molecule has 98 valence electrons. The topological polar surface area (TPSA) is 35.5 Å². The van der Waals surface area contributed by atoms with Crippen LogP contribution in [0.2, 0.25) is 0 Å². The van der Waals surface area contributed by atoms with Crippen LogP contribution in [-0.4, -0.2) is 19.5 Å². The molecule has 0 spiro atoms. The van der Waals surface area contributed by atoms with E-state index in [-0.39, 0.29) is 12.4 Å². The lowest BCUT2D eigenvalue weighted by molar-refractivity contribution is -0.120. The number of Topliss-reactive ketones (excluding diaryl/α,β-unsaturated/α-hetero) is 1. The van der Waals surface area contributed by atoms with Crippen LogP contribution in [0.25, 0.3) is 0 Å². The van der Waals surface area contributed by atoms with Crippen molar-refractivity contribution in [3.05, 3.63) is 60.2 Å². The Morgan fingerprint density at radius 1 is 1.00 bits per heavy atom. The SMILES string of the molecule is COc1cccc(OCC(=O)Cc2ccccc2)c1. The molecule has 2 rings (SSSR count). The number of benzene rings is 2. The molecule has 0 aliphatic rings. The Balaban J connectivity index is 1.86. The van der Waals surface area contributed by atoms with Gasteiger partial charge in [-0.05, 0) is 17.7 Å². The van der Waals surface area contributed by atoms with E-state index < -0.39 is 0 Å². The first-order valence-electron chi connectivity index (χ1n) is 6.10. The lowest BCUT2D eigenvalue weighted by atomic mass is 10.1. The fourth-order valence-electron chi connectivity index (χ4n) is 1.73. The maximum Gasteiger partial charge on any atom is 0.174 e. The van der Waals surface area contributed by atoms with Gasteiger partial charge >= 0.3 is 0 Å². The first-order chi connectivity index (χ1) is 9.28. The maximum atomic E-state index is 11.8. The molecule has 0 fully saturated rings. The maximum absolute atomic E-state index is 11.8. The van der Waals surface area contributed by atoms with Gasteiger partial charge in [-0.3, -0.25) is 4.79 Å². The van der Waals surface area contributed by atoms with Crippen molar-refractivity contribution >= 4 is 5.78 Å². The van der Waals surface area contributed by atoms with E-state index in [0.29, 0.717) is 17.9 Å². The van der Waals surface area contributed by atoms with Crippen LogP contribution in [-0.2, 0) is 11.2 Å². The van der Waals surface area contributed by atoms with E-state index in [0.717, 1.165) is 5.56 Å². The molecule has 2 aromatic carbocycles. The number of carbonyl (C=O) groups excluding carboxylic acids is 1. The summed E-state index contributed by atoms with van der Waals surface area (Å²) < 4.78 is 10.5. The van der Waals surface area contributed by atoms with Gasteiger partial charge in [0.25, 0.3) is 0 Å². The highest BCUT2D eigenvalue weighted by Gasteiger charge is 2.05. The smallest absolute Gasteiger partial charge is 0.174 e. The number of methoxy groups -OCH3 is 1. The highest BCUT2D eigenvalue weighted by atomic mass is 16.5. The summed E-state index contributed by atoms with van der Waals surface area (Å²) in [5, 5.41) is 0.